The van der Waals surface area contributed by atoms with Crippen molar-refractivity contribution in [3.8, 4) is 11.4 Å². The van der Waals surface area contributed by atoms with Crippen molar-refractivity contribution >= 4 is 12.2 Å². The first-order chi connectivity index (χ1) is 11.1. The lowest BCUT2D eigenvalue weighted by molar-refractivity contribution is 0.146. The first-order valence-electron chi connectivity index (χ1n) is 8.55. The van der Waals surface area contributed by atoms with Gasteiger partial charge in [-0.25, -0.2) is 4.68 Å². The van der Waals surface area contributed by atoms with E-state index in [2.05, 4.69) is 54.5 Å². The van der Waals surface area contributed by atoms with E-state index in [0.717, 1.165) is 48.4 Å². The zero-order valence-corrected chi connectivity index (χ0v) is 15.1. The molecule has 23 heavy (non-hydrogen) atoms. The Morgan fingerprint density at radius 1 is 1.26 bits per heavy atom. The molecule has 0 radical (unpaired) electrons. The number of hydrogen-bond donors (Lipinski definition) is 0. The Morgan fingerprint density at radius 3 is 2.65 bits per heavy atom. The van der Waals surface area contributed by atoms with Crippen LogP contribution in [-0.2, 0) is 13.2 Å². The normalized spacial score (nSPS) is 16.8. The molecule has 0 atom stereocenters. The van der Waals surface area contributed by atoms with Crippen molar-refractivity contribution in [3.63, 3.8) is 0 Å². The zero-order chi connectivity index (χ0) is 16.4. The maximum Gasteiger partial charge on any atom is 0.199 e. The fourth-order valence-electron chi connectivity index (χ4n) is 3.21. The maximum atomic E-state index is 5.67. The summed E-state index contributed by atoms with van der Waals surface area (Å²) in [4.78, 5) is 2.46. The van der Waals surface area contributed by atoms with Gasteiger partial charge in [-0.05, 0) is 50.9 Å². The Hall–Kier alpha value is -1.46. The maximum absolute atomic E-state index is 5.67. The van der Waals surface area contributed by atoms with Crippen LogP contribution < -0.4 is 0 Å². The molecule has 0 aliphatic carbocycles. The monoisotopic (exact) mass is 330 g/mol. The van der Waals surface area contributed by atoms with Crippen LogP contribution in [0.3, 0.4) is 0 Å². The van der Waals surface area contributed by atoms with Crippen molar-refractivity contribution < 1.29 is 0 Å². The molecule has 0 N–H and O–H groups in total. The number of aryl methyl sites for hydroxylation is 1. The van der Waals surface area contributed by atoms with Crippen molar-refractivity contribution in [3.05, 3.63) is 34.6 Å². The number of likely N-dealkylation sites (tertiary alicyclic amines) is 1. The van der Waals surface area contributed by atoms with Crippen molar-refractivity contribution in [1.82, 2.24) is 19.2 Å². The first kappa shape index (κ1) is 16.4. The van der Waals surface area contributed by atoms with Gasteiger partial charge in [0.15, 0.2) is 10.6 Å². The number of nitrogens with zero attached hydrogens (tertiary/aromatic N) is 4. The van der Waals surface area contributed by atoms with Crippen LogP contribution in [0.5, 0.6) is 0 Å². The van der Waals surface area contributed by atoms with E-state index in [-0.39, 0.29) is 0 Å². The number of aromatic nitrogens is 3. The summed E-state index contributed by atoms with van der Waals surface area (Å²) in [5.74, 6) is 1.82. The lowest BCUT2D eigenvalue weighted by Crippen LogP contribution is -2.34. The fraction of sp³-hybridized carbons (Fsp3) is 0.556. The Morgan fingerprint density at radius 2 is 2.00 bits per heavy atom. The van der Waals surface area contributed by atoms with E-state index in [9.17, 15) is 0 Å². The first-order valence-corrected chi connectivity index (χ1v) is 8.96. The molecule has 1 aromatic carbocycles. The fourth-order valence-corrected chi connectivity index (χ4v) is 3.52. The third-order valence-electron chi connectivity index (χ3n) is 4.73. The molecule has 0 saturated carbocycles. The van der Waals surface area contributed by atoms with Crippen molar-refractivity contribution in [2.75, 3.05) is 13.1 Å². The summed E-state index contributed by atoms with van der Waals surface area (Å²) in [6, 6.07) is 8.48. The Bertz CT molecular complexity index is 723. The largest absolute Gasteiger partial charge is 0.300 e. The summed E-state index contributed by atoms with van der Waals surface area (Å²) in [7, 11) is 0. The minimum Gasteiger partial charge on any atom is -0.300 e. The van der Waals surface area contributed by atoms with E-state index < -0.39 is 0 Å². The highest BCUT2D eigenvalue weighted by Gasteiger charge is 2.18. The predicted octanol–water partition coefficient (Wildman–Crippen LogP) is 4.10. The van der Waals surface area contributed by atoms with E-state index in [4.69, 9.17) is 17.3 Å². The van der Waals surface area contributed by atoms with Gasteiger partial charge < -0.3 is 4.57 Å². The Balaban J connectivity index is 1.89. The smallest absolute Gasteiger partial charge is 0.199 e. The van der Waals surface area contributed by atoms with E-state index in [1.54, 1.807) is 0 Å². The van der Waals surface area contributed by atoms with Gasteiger partial charge in [-0.3, -0.25) is 4.90 Å². The second-order valence-electron chi connectivity index (χ2n) is 6.66. The van der Waals surface area contributed by atoms with Crippen LogP contribution in [0.4, 0.5) is 0 Å². The average molecular weight is 331 g/mol. The van der Waals surface area contributed by atoms with Gasteiger partial charge in [0, 0.05) is 25.2 Å². The second kappa shape index (κ2) is 6.97. The third-order valence-corrected chi connectivity index (χ3v) is 5.16. The van der Waals surface area contributed by atoms with Crippen molar-refractivity contribution in [2.24, 2.45) is 5.92 Å². The van der Waals surface area contributed by atoms with E-state index in [1.165, 1.54) is 18.4 Å². The molecule has 2 aromatic rings. The third kappa shape index (κ3) is 3.56. The molecule has 2 heterocycles. The Kier molecular flexibility index (Phi) is 4.97. The number of piperidine rings is 1. The standard InChI is InChI=1S/C18H26N4S/c1-4-21-17(16-7-5-6-15(3)12-16)19-22(18(21)23)13-20-10-8-14(2)9-11-20/h5-7,12,14H,4,8-11,13H2,1-3H3. The van der Waals surface area contributed by atoms with Crippen molar-refractivity contribution in [1.29, 1.82) is 0 Å². The summed E-state index contributed by atoms with van der Waals surface area (Å²) >= 11 is 5.67. The number of hydrogen-bond acceptors (Lipinski definition) is 3. The van der Waals surface area contributed by atoms with Crippen LogP contribution in [0.15, 0.2) is 24.3 Å². The molecule has 3 rings (SSSR count). The zero-order valence-electron chi connectivity index (χ0n) is 14.3. The van der Waals surface area contributed by atoms with Gasteiger partial charge in [0.05, 0.1) is 6.67 Å². The molecule has 1 fully saturated rings. The molecular weight excluding hydrogens is 304 g/mol. The van der Waals surface area contributed by atoms with Crippen LogP contribution in [0, 0.1) is 17.6 Å². The van der Waals surface area contributed by atoms with E-state index in [1.807, 2.05) is 4.68 Å². The number of rotatable bonds is 4. The molecule has 1 aliphatic rings. The molecular formula is C18H26N4S. The molecule has 5 heteroatoms. The topological polar surface area (TPSA) is 26.0 Å². The molecule has 0 spiro atoms. The molecule has 0 bridgehead atoms. The highest BCUT2D eigenvalue weighted by atomic mass is 32.1. The molecule has 1 aromatic heterocycles. The van der Waals surface area contributed by atoms with Gasteiger partial charge >= 0.3 is 0 Å². The highest BCUT2D eigenvalue weighted by Crippen LogP contribution is 2.21. The van der Waals surface area contributed by atoms with Gasteiger partial charge in [-0.1, -0.05) is 30.7 Å². The summed E-state index contributed by atoms with van der Waals surface area (Å²) in [5, 5.41) is 4.84. The Labute approximate surface area is 143 Å². The van der Waals surface area contributed by atoms with Gasteiger partial charge in [0.1, 0.15) is 0 Å². The van der Waals surface area contributed by atoms with Crippen molar-refractivity contribution in [2.45, 2.75) is 46.8 Å². The summed E-state index contributed by atoms with van der Waals surface area (Å²) in [6.07, 6.45) is 2.54. The van der Waals surface area contributed by atoms with Crippen LogP contribution in [0.1, 0.15) is 32.3 Å². The molecule has 0 amide bonds. The van der Waals surface area contributed by atoms with Crippen LogP contribution in [0.25, 0.3) is 11.4 Å². The number of benzene rings is 1. The van der Waals surface area contributed by atoms with Crippen LogP contribution in [0.2, 0.25) is 0 Å². The molecule has 4 nitrogen and oxygen atoms in total. The SMILES string of the molecule is CCn1c(-c2cccc(C)c2)nn(CN2CCC(C)CC2)c1=S. The van der Waals surface area contributed by atoms with Crippen LogP contribution in [-0.4, -0.2) is 32.3 Å². The van der Waals surface area contributed by atoms with Crippen LogP contribution >= 0.6 is 12.2 Å². The summed E-state index contributed by atoms with van der Waals surface area (Å²) < 4.78 is 4.95. The van der Waals surface area contributed by atoms with Gasteiger partial charge in [-0.2, -0.15) is 5.10 Å². The molecule has 1 saturated heterocycles. The van der Waals surface area contributed by atoms with Gasteiger partial charge in [0.2, 0.25) is 0 Å². The lowest BCUT2D eigenvalue weighted by atomic mass is 10.00. The minimum atomic E-state index is 0.803. The van der Waals surface area contributed by atoms with Gasteiger partial charge in [0.25, 0.3) is 0 Å². The summed E-state index contributed by atoms with van der Waals surface area (Å²) in [6.45, 7) is 10.5. The molecule has 124 valence electrons. The minimum absolute atomic E-state index is 0.803. The summed E-state index contributed by atoms with van der Waals surface area (Å²) in [5.41, 5.74) is 2.39. The van der Waals surface area contributed by atoms with E-state index >= 15 is 0 Å². The quantitative estimate of drug-likeness (QED) is 0.790. The predicted molar refractivity (Wildman–Crippen MR) is 96.9 cm³/mol. The highest BCUT2D eigenvalue weighted by molar-refractivity contribution is 7.71. The second-order valence-corrected chi connectivity index (χ2v) is 7.03. The molecule has 0 unspecified atom stereocenters. The lowest BCUT2D eigenvalue weighted by Gasteiger charge is -2.29. The van der Waals surface area contributed by atoms with Gasteiger partial charge in [-0.15, -0.1) is 0 Å². The van der Waals surface area contributed by atoms with E-state index in [0.29, 0.717) is 0 Å². The average Bonchev–Trinajstić information content (AvgIpc) is 2.86. The molecule has 1 aliphatic heterocycles.